The lowest BCUT2D eigenvalue weighted by atomic mass is 9.78. The molecule has 0 aromatic heterocycles. The largest absolute Gasteiger partial charge is 0.393 e. The SMILES string of the molecule is CC[C@H](C)[C@@H]1NC(=O)[C@H](CC(C)C)N(C)C(=O)C[C@@H](C)NC(=O)[C@H](C(C)C)N(C)C(=O)C2(CCCCC2)NC(=O)[C@@H]2CCCN2C(=O)[C@H](CCC2CCC(C(F)(F)F)C(Cl)C2)NC(=O)CN(C)C(=O)[C@H](CC2CCCCC2)N(C)C(=O)CN(C)C(=O)CN(C)C1=O. The first-order valence-corrected chi connectivity index (χ1v) is 33.8. The van der Waals surface area contributed by atoms with Gasteiger partial charge in [-0.1, -0.05) is 99.3 Å². The van der Waals surface area contributed by atoms with Crippen LogP contribution in [0.15, 0.2) is 0 Å². The van der Waals surface area contributed by atoms with Gasteiger partial charge in [0.2, 0.25) is 65.0 Å². The predicted octanol–water partition coefficient (Wildman–Crippen LogP) is 5.62. The fourth-order valence-corrected chi connectivity index (χ4v) is 14.7. The molecule has 0 radical (unpaired) electrons. The zero-order valence-corrected chi connectivity index (χ0v) is 57.1. The number of rotatable bonds is 10. The van der Waals surface area contributed by atoms with Crippen LogP contribution in [0.4, 0.5) is 13.2 Å². The van der Waals surface area contributed by atoms with Crippen molar-refractivity contribution >= 4 is 76.6 Å². The summed E-state index contributed by atoms with van der Waals surface area (Å²) in [6.45, 7) is 11.1. The van der Waals surface area contributed by atoms with E-state index in [0.717, 1.165) is 48.3 Å². The third kappa shape index (κ3) is 20.4. The van der Waals surface area contributed by atoms with Crippen molar-refractivity contribution in [1.29, 1.82) is 0 Å². The summed E-state index contributed by atoms with van der Waals surface area (Å²) in [5, 5.41) is 10.5. The number of alkyl halides is 4. The van der Waals surface area contributed by atoms with E-state index in [0.29, 0.717) is 25.7 Å². The molecule has 2 heterocycles. The normalized spacial score (nSPS) is 29.8. The molecule has 3 saturated carbocycles. The van der Waals surface area contributed by atoms with Crippen LogP contribution in [-0.4, -0.2) is 227 Å². The van der Waals surface area contributed by atoms with Gasteiger partial charge in [-0.3, -0.25) is 52.7 Å². The lowest BCUT2D eigenvalue weighted by Gasteiger charge is -2.43. The summed E-state index contributed by atoms with van der Waals surface area (Å²) >= 11 is 6.37. The van der Waals surface area contributed by atoms with Crippen molar-refractivity contribution in [2.45, 2.75) is 243 Å². The standard InChI is InChI=1S/C65H107ClF3N11O11/c1-14-41(6)55-62(90)76(10)37-53(83)74(8)38-54(84)78(12)50(35-43-22-17-15-18-23-43)61(89)75(9)36-51(81)71-47(28-26-44-25-27-45(46(66)34-44)65(67,68)69)60(88)80-31-21-24-48(80)58(86)73-64(29-19-16-20-30-64)63(91)79(13)56(40(4)5)59(87)70-42(7)33-52(82)77(11)49(32-39(2)3)57(85)72-55/h39-50,55-56H,14-38H2,1-13H3,(H,70,87)(H,71,81)(H,72,85)(H,73,86)/t41-,42+,44?,45?,46?,47-,48-,49-,50-,55-,56-/m0/s1. The number of amides is 11. The summed E-state index contributed by atoms with van der Waals surface area (Å²) < 4.78 is 41.7. The maximum Gasteiger partial charge on any atom is 0.393 e. The Morgan fingerprint density at radius 3 is 1.80 bits per heavy atom. The van der Waals surface area contributed by atoms with Gasteiger partial charge in [0, 0.05) is 66.7 Å². The highest BCUT2D eigenvalue weighted by Gasteiger charge is 2.50. The molecular formula is C65H107ClF3N11O11. The Kier molecular flexibility index (Phi) is 28.3. The number of hydrogen-bond acceptors (Lipinski definition) is 11. The second-order valence-electron chi connectivity index (χ2n) is 28.0. The lowest BCUT2D eigenvalue weighted by Crippen LogP contribution is -2.66. The smallest absolute Gasteiger partial charge is 0.351 e. The molecule has 3 unspecified atom stereocenters. The van der Waals surface area contributed by atoms with E-state index in [-0.39, 0.29) is 94.9 Å². The van der Waals surface area contributed by atoms with Crippen molar-refractivity contribution < 1.29 is 65.9 Å². The van der Waals surface area contributed by atoms with Gasteiger partial charge in [-0.05, 0) is 107 Å². The van der Waals surface area contributed by atoms with Crippen LogP contribution in [0.1, 0.15) is 183 Å². The van der Waals surface area contributed by atoms with Crippen LogP contribution in [0.2, 0.25) is 0 Å². The highest BCUT2D eigenvalue weighted by molar-refractivity contribution is 6.20. The van der Waals surface area contributed by atoms with Gasteiger partial charge in [0.1, 0.15) is 41.8 Å². The molecule has 0 aromatic rings. The van der Waals surface area contributed by atoms with Gasteiger partial charge in [-0.15, -0.1) is 11.6 Å². The quantitative estimate of drug-likeness (QED) is 0.195. The average Bonchev–Trinajstić information content (AvgIpc) is 1.81. The molecule has 91 heavy (non-hydrogen) atoms. The molecule has 5 aliphatic rings. The minimum absolute atomic E-state index is 0.0146. The summed E-state index contributed by atoms with van der Waals surface area (Å²) in [6.07, 6.45) is 3.66. The first-order chi connectivity index (χ1) is 42.6. The van der Waals surface area contributed by atoms with Crippen LogP contribution >= 0.6 is 11.6 Å². The molecule has 0 aromatic carbocycles. The number of hydrogen-bond donors (Lipinski definition) is 4. The van der Waals surface area contributed by atoms with Crippen molar-refractivity contribution in [3.63, 3.8) is 0 Å². The maximum absolute atomic E-state index is 15.2. The molecule has 26 heteroatoms. The first kappa shape index (κ1) is 76.0. The number of carbonyl (C=O) groups excluding carboxylic acids is 11. The number of carbonyl (C=O) groups is 11. The molecule has 4 N–H and O–H groups in total. The molecule has 11 amide bonds. The second kappa shape index (κ2) is 33.9. The van der Waals surface area contributed by atoms with Gasteiger partial charge in [0.25, 0.3) is 0 Å². The molecule has 516 valence electrons. The fraction of sp³-hybridized carbons (Fsp3) is 0.831. The third-order valence-electron chi connectivity index (χ3n) is 20.0. The fourth-order valence-electron chi connectivity index (χ4n) is 14.2. The Morgan fingerprint density at radius 1 is 0.604 bits per heavy atom. The van der Waals surface area contributed by atoms with E-state index in [1.165, 1.54) is 66.8 Å². The van der Waals surface area contributed by atoms with E-state index in [2.05, 4.69) is 21.3 Å². The summed E-state index contributed by atoms with van der Waals surface area (Å²) in [7, 11) is 8.64. The van der Waals surface area contributed by atoms with E-state index in [1.54, 1.807) is 27.7 Å². The van der Waals surface area contributed by atoms with Crippen LogP contribution in [0, 0.1) is 35.5 Å². The van der Waals surface area contributed by atoms with Gasteiger partial charge >= 0.3 is 6.18 Å². The van der Waals surface area contributed by atoms with E-state index in [4.69, 9.17) is 11.6 Å². The monoisotopic (exact) mass is 1310 g/mol. The molecule has 0 bridgehead atoms. The maximum atomic E-state index is 15.2. The number of nitrogens with one attached hydrogen (secondary N) is 4. The van der Waals surface area contributed by atoms with E-state index >= 15 is 9.59 Å². The van der Waals surface area contributed by atoms with Gasteiger partial charge < -0.3 is 55.6 Å². The highest BCUT2D eigenvalue weighted by Crippen LogP contribution is 2.44. The van der Waals surface area contributed by atoms with Crippen LogP contribution in [0.3, 0.4) is 0 Å². The minimum atomic E-state index is -4.49. The van der Waals surface area contributed by atoms with Crippen LogP contribution < -0.4 is 21.3 Å². The number of likely N-dealkylation sites (N-methyl/N-ethyl adjacent to an activating group) is 6. The number of fused-ring (bicyclic) bond motifs is 1. The predicted molar refractivity (Wildman–Crippen MR) is 338 cm³/mol. The summed E-state index contributed by atoms with van der Waals surface area (Å²) in [6, 6.07) is -7.59. The molecule has 2 saturated heterocycles. The summed E-state index contributed by atoms with van der Waals surface area (Å²) in [4.78, 5) is 169. The summed E-state index contributed by atoms with van der Waals surface area (Å²) in [5.74, 6) is -9.56. The first-order valence-electron chi connectivity index (χ1n) is 33.4. The average molecular weight is 1310 g/mol. The van der Waals surface area contributed by atoms with Crippen molar-refractivity contribution in [2.24, 2.45) is 35.5 Å². The zero-order valence-electron chi connectivity index (χ0n) is 56.4. The Balaban J connectivity index is 1.54. The molecular weight excluding hydrogens is 1200 g/mol. The van der Waals surface area contributed by atoms with Crippen LogP contribution in [0.25, 0.3) is 0 Å². The minimum Gasteiger partial charge on any atom is -0.351 e. The zero-order chi connectivity index (χ0) is 68.0. The number of nitrogens with zero attached hydrogens (tertiary/aromatic N) is 7. The number of halogens is 4. The molecule has 3 aliphatic carbocycles. The van der Waals surface area contributed by atoms with Gasteiger partial charge in [0.05, 0.1) is 25.6 Å². The van der Waals surface area contributed by atoms with Crippen LogP contribution in [0.5, 0.6) is 0 Å². The van der Waals surface area contributed by atoms with Gasteiger partial charge in [0.15, 0.2) is 0 Å². The summed E-state index contributed by atoms with van der Waals surface area (Å²) in [5.41, 5.74) is -1.49. The molecule has 5 fully saturated rings. The van der Waals surface area contributed by atoms with Crippen molar-refractivity contribution in [3.05, 3.63) is 0 Å². The van der Waals surface area contributed by atoms with E-state index < -0.39 is 162 Å². The lowest BCUT2D eigenvalue weighted by molar-refractivity contribution is -0.182. The van der Waals surface area contributed by atoms with Crippen molar-refractivity contribution in [1.82, 2.24) is 55.6 Å². The Morgan fingerprint density at radius 2 is 1.21 bits per heavy atom. The Hall–Kier alpha value is -5.75. The van der Waals surface area contributed by atoms with E-state index in [1.807, 2.05) is 20.8 Å². The highest BCUT2D eigenvalue weighted by atomic mass is 35.5. The molecule has 1 spiro atoms. The Labute approximate surface area is 542 Å². The van der Waals surface area contributed by atoms with Gasteiger partial charge in [-0.25, -0.2) is 0 Å². The third-order valence-corrected chi connectivity index (χ3v) is 20.5. The molecule has 11 atom stereocenters. The molecule has 2 aliphatic heterocycles. The van der Waals surface area contributed by atoms with Crippen LogP contribution in [-0.2, 0) is 52.7 Å². The van der Waals surface area contributed by atoms with E-state index in [9.17, 15) is 56.3 Å². The topological polar surface area (TPSA) is 259 Å². The van der Waals surface area contributed by atoms with Crippen molar-refractivity contribution in [2.75, 3.05) is 68.5 Å². The van der Waals surface area contributed by atoms with Gasteiger partial charge in [-0.2, -0.15) is 13.2 Å². The molecule has 22 nitrogen and oxygen atoms in total. The Bertz CT molecular complexity index is 2570. The second-order valence-corrected chi connectivity index (χ2v) is 28.6. The van der Waals surface area contributed by atoms with Crippen molar-refractivity contribution in [3.8, 4) is 0 Å². The molecule has 5 rings (SSSR count).